The zero-order valence-electron chi connectivity index (χ0n) is 14.1. The Labute approximate surface area is 147 Å². The van der Waals surface area contributed by atoms with E-state index in [2.05, 4.69) is 9.88 Å². The number of hydrogen-bond acceptors (Lipinski definition) is 4. The molecule has 0 aliphatic carbocycles. The molecule has 0 saturated carbocycles. The van der Waals surface area contributed by atoms with Crippen LogP contribution in [0.1, 0.15) is 28.5 Å². The summed E-state index contributed by atoms with van der Waals surface area (Å²) in [6.45, 7) is 3.47. The van der Waals surface area contributed by atoms with E-state index >= 15 is 0 Å². The van der Waals surface area contributed by atoms with Gasteiger partial charge in [-0.1, -0.05) is 65.8 Å². The molecule has 0 spiro atoms. The van der Waals surface area contributed by atoms with Gasteiger partial charge in [0.15, 0.2) is 5.76 Å². The summed E-state index contributed by atoms with van der Waals surface area (Å²) >= 11 is 0. The second kappa shape index (κ2) is 7.21. The lowest BCUT2D eigenvalue weighted by atomic mass is 9.92. The molecule has 0 atom stereocenters. The maximum atomic E-state index is 12.7. The molecule has 0 fully saturated rings. The Hall–Kier alpha value is -2.44. The maximum absolute atomic E-state index is 12.7. The summed E-state index contributed by atoms with van der Waals surface area (Å²) in [5, 5.41) is 3.73. The fraction of sp³-hybridized carbons (Fsp3) is 0.211. The van der Waals surface area contributed by atoms with Gasteiger partial charge in [0, 0.05) is 12.5 Å². The van der Waals surface area contributed by atoms with Crippen LogP contribution in [-0.4, -0.2) is 20.1 Å². The third-order valence-corrected chi connectivity index (χ3v) is 5.78. The highest BCUT2D eigenvalue weighted by molar-refractivity contribution is 7.89. The highest BCUT2D eigenvalue weighted by Crippen LogP contribution is 2.25. The highest BCUT2D eigenvalue weighted by Gasteiger charge is 2.25. The summed E-state index contributed by atoms with van der Waals surface area (Å²) in [5.41, 5.74) is 2.46. The van der Waals surface area contributed by atoms with Crippen LogP contribution in [0.5, 0.6) is 0 Å². The van der Waals surface area contributed by atoms with Gasteiger partial charge in [-0.15, -0.1) is 0 Å². The van der Waals surface area contributed by atoms with E-state index in [1.54, 1.807) is 13.8 Å². The summed E-state index contributed by atoms with van der Waals surface area (Å²) in [7, 11) is -3.70. The Morgan fingerprint density at radius 1 is 0.960 bits per heavy atom. The van der Waals surface area contributed by atoms with Crippen LogP contribution in [-0.2, 0) is 10.0 Å². The Bertz CT molecular complexity index is 876. The van der Waals surface area contributed by atoms with Gasteiger partial charge in [0.25, 0.3) is 0 Å². The van der Waals surface area contributed by atoms with E-state index in [1.807, 2.05) is 60.7 Å². The molecular weight excluding hydrogens is 336 g/mol. The van der Waals surface area contributed by atoms with E-state index in [1.165, 1.54) is 0 Å². The molecule has 5 nitrogen and oxygen atoms in total. The Morgan fingerprint density at radius 3 is 1.92 bits per heavy atom. The average Bonchev–Trinajstić information content (AvgIpc) is 2.96. The molecule has 130 valence electrons. The van der Waals surface area contributed by atoms with Crippen molar-refractivity contribution < 1.29 is 12.9 Å². The van der Waals surface area contributed by atoms with Crippen molar-refractivity contribution in [3.63, 3.8) is 0 Å². The number of aryl methyl sites for hydroxylation is 2. The number of benzene rings is 2. The highest BCUT2D eigenvalue weighted by atomic mass is 32.2. The first kappa shape index (κ1) is 17.4. The third-order valence-electron chi connectivity index (χ3n) is 4.12. The largest absolute Gasteiger partial charge is 0.360 e. The molecule has 1 heterocycles. The average molecular weight is 356 g/mol. The molecule has 0 unspecified atom stereocenters. The smallest absolute Gasteiger partial charge is 0.245 e. The van der Waals surface area contributed by atoms with Crippen LogP contribution in [0.4, 0.5) is 0 Å². The minimum Gasteiger partial charge on any atom is -0.360 e. The molecule has 25 heavy (non-hydrogen) atoms. The zero-order chi connectivity index (χ0) is 17.9. The number of sulfonamides is 1. The predicted molar refractivity (Wildman–Crippen MR) is 95.9 cm³/mol. The molecule has 1 N–H and O–H groups in total. The summed E-state index contributed by atoms with van der Waals surface area (Å²) in [4.78, 5) is 0.118. The number of nitrogens with one attached hydrogen (secondary N) is 1. The fourth-order valence-electron chi connectivity index (χ4n) is 2.92. The van der Waals surface area contributed by atoms with Crippen molar-refractivity contribution in [2.45, 2.75) is 24.7 Å². The monoisotopic (exact) mass is 356 g/mol. The number of nitrogens with zero attached hydrogens (tertiary/aromatic N) is 1. The van der Waals surface area contributed by atoms with Gasteiger partial charge in [0.2, 0.25) is 10.0 Å². The summed E-state index contributed by atoms with van der Waals surface area (Å²) in [5.74, 6) is 0.207. The van der Waals surface area contributed by atoms with Crippen molar-refractivity contribution in [1.82, 2.24) is 9.88 Å². The molecular formula is C19H20N2O3S. The van der Waals surface area contributed by atoms with Crippen molar-refractivity contribution in [3.8, 4) is 0 Å². The van der Waals surface area contributed by atoms with Gasteiger partial charge < -0.3 is 4.52 Å². The first-order chi connectivity index (χ1) is 12.0. The summed E-state index contributed by atoms with van der Waals surface area (Å²) < 4.78 is 33.1. The quantitative estimate of drug-likeness (QED) is 0.735. The Balaban J connectivity index is 1.89. The first-order valence-electron chi connectivity index (χ1n) is 8.01. The lowest BCUT2D eigenvalue weighted by Crippen LogP contribution is -2.29. The van der Waals surface area contributed by atoms with E-state index in [0.29, 0.717) is 11.5 Å². The molecule has 0 aliphatic rings. The molecule has 0 bridgehead atoms. The Kier molecular flexibility index (Phi) is 5.01. The van der Waals surface area contributed by atoms with Crippen molar-refractivity contribution in [3.05, 3.63) is 83.2 Å². The van der Waals surface area contributed by atoms with Crippen LogP contribution >= 0.6 is 0 Å². The molecule has 0 radical (unpaired) electrons. The first-order valence-corrected chi connectivity index (χ1v) is 9.50. The number of aromatic nitrogens is 1. The SMILES string of the molecule is Cc1noc(C)c1S(=O)(=O)NCC(c1ccccc1)c1ccccc1. The van der Waals surface area contributed by atoms with Gasteiger partial charge in [0.05, 0.1) is 0 Å². The second-order valence-electron chi connectivity index (χ2n) is 5.88. The van der Waals surface area contributed by atoms with Crippen molar-refractivity contribution in [2.75, 3.05) is 6.54 Å². The van der Waals surface area contributed by atoms with Crippen LogP contribution in [0.15, 0.2) is 70.1 Å². The fourth-order valence-corrected chi connectivity index (χ4v) is 4.29. The molecule has 3 rings (SSSR count). The van der Waals surface area contributed by atoms with Gasteiger partial charge in [-0.05, 0) is 25.0 Å². The minimum absolute atomic E-state index is 0.0855. The molecule has 2 aromatic carbocycles. The van der Waals surface area contributed by atoms with Crippen LogP contribution in [0.2, 0.25) is 0 Å². The van der Waals surface area contributed by atoms with Crippen LogP contribution in [0, 0.1) is 13.8 Å². The summed E-state index contributed by atoms with van der Waals surface area (Å²) in [6.07, 6.45) is 0. The zero-order valence-corrected chi connectivity index (χ0v) is 15.0. The molecule has 3 aromatic rings. The second-order valence-corrected chi connectivity index (χ2v) is 7.58. The van der Waals surface area contributed by atoms with E-state index in [9.17, 15) is 8.42 Å². The standard InChI is InChI=1S/C19H20N2O3S/c1-14-19(15(2)24-21-14)25(22,23)20-13-18(16-9-5-3-6-10-16)17-11-7-4-8-12-17/h3-12,18,20H,13H2,1-2H3. The van der Waals surface area contributed by atoms with E-state index in [-0.39, 0.29) is 17.4 Å². The van der Waals surface area contributed by atoms with E-state index in [0.717, 1.165) is 11.1 Å². The molecule has 6 heteroatoms. The van der Waals surface area contributed by atoms with Crippen LogP contribution in [0.25, 0.3) is 0 Å². The Morgan fingerprint density at radius 2 is 1.48 bits per heavy atom. The number of rotatable bonds is 6. The van der Waals surface area contributed by atoms with Crippen LogP contribution in [0.3, 0.4) is 0 Å². The normalized spacial score (nSPS) is 11.8. The van der Waals surface area contributed by atoms with Crippen LogP contribution < -0.4 is 4.72 Å². The van der Waals surface area contributed by atoms with Gasteiger partial charge in [-0.25, -0.2) is 13.1 Å². The van der Waals surface area contributed by atoms with Crippen molar-refractivity contribution >= 4 is 10.0 Å². The van der Waals surface area contributed by atoms with E-state index < -0.39 is 10.0 Å². The number of hydrogen-bond donors (Lipinski definition) is 1. The maximum Gasteiger partial charge on any atom is 0.245 e. The van der Waals surface area contributed by atoms with Crippen molar-refractivity contribution in [1.29, 1.82) is 0 Å². The molecule has 1 aromatic heterocycles. The molecule has 0 amide bonds. The third kappa shape index (κ3) is 3.81. The summed E-state index contributed by atoms with van der Waals surface area (Å²) in [6, 6.07) is 19.7. The van der Waals surface area contributed by atoms with Gasteiger partial charge >= 0.3 is 0 Å². The molecule has 0 saturated heterocycles. The lowest BCUT2D eigenvalue weighted by molar-refractivity contribution is 0.390. The minimum atomic E-state index is -3.70. The van der Waals surface area contributed by atoms with Gasteiger partial charge in [-0.3, -0.25) is 0 Å². The molecule has 0 aliphatic heterocycles. The van der Waals surface area contributed by atoms with Gasteiger partial charge in [-0.2, -0.15) is 0 Å². The van der Waals surface area contributed by atoms with Crippen molar-refractivity contribution in [2.24, 2.45) is 0 Å². The topological polar surface area (TPSA) is 72.2 Å². The lowest BCUT2D eigenvalue weighted by Gasteiger charge is -2.19. The van der Waals surface area contributed by atoms with Gasteiger partial charge in [0.1, 0.15) is 10.6 Å². The van der Waals surface area contributed by atoms with E-state index in [4.69, 9.17) is 4.52 Å². The predicted octanol–water partition coefficient (Wildman–Crippen LogP) is 3.40.